The first-order chi connectivity index (χ1) is 8.95. The molecule has 1 aromatic carbocycles. The van der Waals surface area contributed by atoms with Gasteiger partial charge >= 0.3 is 0 Å². The Hall–Kier alpha value is -1.75. The number of nitrogens with zero attached hydrogens (tertiary/aromatic N) is 2. The molecule has 0 aliphatic carbocycles. The van der Waals surface area contributed by atoms with Crippen LogP contribution in [0.4, 0.5) is 4.39 Å². The lowest BCUT2D eigenvalue weighted by Gasteiger charge is -2.20. The quantitative estimate of drug-likeness (QED) is 0.921. The predicted molar refractivity (Wildman–Crippen MR) is 70.0 cm³/mol. The average molecular weight is 263 g/mol. The van der Waals surface area contributed by atoms with Gasteiger partial charge in [-0.25, -0.2) is 4.39 Å². The van der Waals surface area contributed by atoms with Crippen LogP contribution in [0.2, 0.25) is 0 Å². The summed E-state index contributed by atoms with van der Waals surface area (Å²) < 4.78 is 18.2. The van der Waals surface area contributed by atoms with Gasteiger partial charge in [-0.3, -0.25) is 0 Å². The molecule has 2 N–H and O–H groups in total. The SMILES string of the molecule is CCC(N)c1nc(C(C)(C)c2ccc(F)cc2)no1. The van der Waals surface area contributed by atoms with Gasteiger partial charge in [0.05, 0.1) is 11.5 Å². The van der Waals surface area contributed by atoms with Crippen molar-refractivity contribution in [3.8, 4) is 0 Å². The van der Waals surface area contributed by atoms with Crippen LogP contribution >= 0.6 is 0 Å². The Morgan fingerprint density at radius 2 is 1.95 bits per heavy atom. The van der Waals surface area contributed by atoms with Gasteiger partial charge in [0, 0.05) is 0 Å². The Morgan fingerprint density at radius 3 is 2.53 bits per heavy atom. The van der Waals surface area contributed by atoms with Crippen LogP contribution in [0.5, 0.6) is 0 Å². The van der Waals surface area contributed by atoms with Gasteiger partial charge in [0.15, 0.2) is 5.82 Å². The van der Waals surface area contributed by atoms with E-state index in [-0.39, 0.29) is 11.9 Å². The molecule has 4 nitrogen and oxygen atoms in total. The first-order valence-corrected chi connectivity index (χ1v) is 6.31. The molecule has 2 aromatic rings. The summed E-state index contributed by atoms with van der Waals surface area (Å²) in [7, 11) is 0. The van der Waals surface area contributed by atoms with Gasteiger partial charge in [-0.2, -0.15) is 4.98 Å². The molecule has 19 heavy (non-hydrogen) atoms. The molecule has 2 rings (SSSR count). The van der Waals surface area contributed by atoms with E-state index in [0.29, 0.717) is 11.7 Å². The van der Waals surface area contributed by atoms with Crippen molar-refractivity contribution < 1.29 is 8.91 Å². The maximum absolute atomic E-state index is 13.0. The van der Waals surface area contributed by atoms with Gasteiger partial charge in [0.1, 0.15) is 5.82 Å². The minimum Gasteiger partial charge on any atom is -0.338 e. The zero-order valence-corrected chi connectivity index (χ0v) is 11.4. The topological polar surface area (TPSA) is 64.9 Å². The molecule has 0 aliphatic heterocycles. The number of aromatic nitrogens is 2. The maximum atomic E-state index is 13.0. The summed E-state index contributed by atoms with van der Waals surface area (Å²) in [6, 6.07) is 6.06. The summed E-state index contributed by atoms with van der Waals surface area (Å²) in [5, 5.41) is 4.00. The van der Waals surface area contributed by atoms with Crippen LogP contribution in [0.15, 0.2) is 28.8 Å². The molecule has 0 spiro atoms. The summed E-state index contributed by atoms with van der Waals surface area (Å²) in [6.07, 6.45) is 0.735. The van der Waals surface area contributed by atoms with Crippen molar-refractivity contribution in [2.45, 2.75) is 38.6 Å². The zero-order chi connectivity index (χ0) is 14.0. The van der Waals surface area contributed by atoms with E-state index in [4.69, 9.17) is 10.3 Å². The molecule has 1 heterocycles. The van der Waals surface area contributed by atoms with Crippen LogP contribution in [0.3, 0.4) is 0 Å². The molecule has 1 aromatic heterocycles. The molecule has 0 bridgehead atoms. The van der Waals surface area contributed by atoms with Gasteiger partial charge in [-0.1, -0.05) is 24.2 Å². The number of hydrogen-bond acceptors (Lipinski definition) is 4. The second kappa shape index (κ2) is 5.09. The molecule has 0 amide bonds. The van der Waals surface area contributed by atoms with Crippen molar-refractivity contribution in [1.82, 2.24) is 10.1 Å². The number of nitrogens with two attached hydrogens (primary N) is 1. The van der Waals surface area contributed by atoms with E-state index in [1.54, 1.807) is 12.1 Å². The lowest BCUT2D eigenvalue weighted by atomic mass is 9.84. The van der Waals surface area contributed by atoms with Crippen LogP contribution < -0.4 is 5.73 Å². The Bertz CT molecular complexity index is 548. The van der Waals surface area contributed by atoms with E-state index in [0.717, 1.165) is 12.0 Å². The Labute approximate surface area is 111 Å². The summed E-state index contributed by atoms with van der Waals surface area (Å²) in [6.45, 7) is 5.89. The molecular formula is C14H18FN3O. The molecular weight excluding hydrogens is 245 g/mol. The first kappa shape index (κ1) is 13.7. The van der Waals surface area contributed by atoms with Crippen molar-refractivity contribution in [2.24, 2.45) is 5.73 Å². The van der Waals surface area contributed by atoms with E-state index >= 15 is 0 Å². The summed E-state index contributed by atoms with van der Waals surface area (Å²) in [5.74, 6) is 0.729. The predicted octanol–water partition coefficient (Wildman–Crippen LogP) is 2.94. The lowest BCUT2D eigenvalue weighted by molar-refractivity contribution is 0.343. The summed E-state index contributed by atoms with van der Waals surface area (Å²) >= 11 is 0. The fraction of sp³-hybridized carbons (Fsp3) is 0.429. The van der Waals surface area contributed by atoms with E-state index in [1.165, 1.54) is 12.1 Å². The van der Waals surface area contributed by atoms with E-state index in [9.17, 15) is 4.39 Å². The van der Waals surface area contributed by atoms with Crippen molar-refractivity contribution in [3.05, 3.63) is 47.4 Å². The Balaban J connectivity index is 2.33. The van der Waals surface area contributed by atoms with Crippen molar-refractivity contribution >= 4 is 0 Å². The smallest absolute Gasteiger partial charge is 0.243 e. The highest BCUT2D eigenvalue weighted by atomic mass is 19.1. The van der Waals surface area contributed by atoms with Gasteiger partial charge in [-0.15, -0.1) is 0 Å². The standard InChI is InChI=1S/C14H18FN3O/c1-4-11(16)12-17-13(18-19-12)14(2,3)9-5-7-10(15)8-6-9/h5-8,11H,4,16H2,1-3H3. The summed E-state index contributed by atoms with van der Waals surface area (Å²) in [5.41, 5.74) is 6.33. The van der Waals surface area contributed by atoms with E-state index in [2.05, 4.69) is 10.1 Å². The summed E-state index contributed by atoms with van der Waals surface area (Å²) in [4.78, 5) is 4.35. The van der Waals surface area contributed by atoms with Gasteiger partial charge < -0.3 is 10.3 Å². The third-order valence-electron chi connectivity index (χ3n) is 3.32. The number of rotatable bonds is 4. The number of hydrogen-bond donors (Lipinski definition) is 1. The number of benzene rings is 1. The van der Waals surface area contributed by atoms with Crippen LogP contribution in [0.25, 0.3) is 0 Å². The van der Waals surface area contributed by atoms with Crippen LogP contribution in [0, 0.1) is 5.82 Å². The molecule has 5 heteroatoms. The van der Waals surface area contributed by atoms with Gasteiger partial charge in [0.25, 0.3) is 0 Å². The van der Waals surface area contributed by atoms with Gasteiger partial charge in [0.2, 0.25) is 5.89 Å². The van der Waals surface area contributed by atoms with Gasteiger partial charge in [-0.05, 0) is 38.0 Å². The highest BCUT2D eigenvalue weighted by Crippen LogP contribution is 2.30. The van der Waals surface area contributed by atoms with E-state index in [1.807, 2.05) is 20.8 Å². The molecule has 102 valence electrons. The second-order valence-electron chi connectivity index (χ2n) is 5.10. The molecule has 0 fully saturated rings. The monoisotopic (exact) mass is 263 g/mol. The average Bonchev–Trinajstić information content (AvgIpc) is 2.88. The van der Waals surface area contributed by atoms with Crippen LogP contribution in [-0.2, 0) is 5.41 Å². The third-order valence-corrected chi connectivity index (χ3v) is 3.32. The van der Waals surface area contributed by atoms with E-state index < -0.39 is 5.41 Å². The van der Waals surface area contributed by atoms with Crippen LogP contribution in [-0.4, -0.2) is 10.1 Å². The third kappa shape index (κ3) is 2.66. The first-order valence-electron chi connectivity index (χ1n) is 6.31. The maximum Gasteiger partial charge on any atom is 0.243 e. The Morgan fingerprint density at radius 1 is 1.32 bits per heavy atom. The molecule has 0 aliphatic rings. The fourth-order valence-electron chi connectivity index (χ4n) is 1.81. The normalized spacial score (nSPS) is 13.5. The van der Waals surface area contributed by atoms with Crippen molar-refractivity contribution in [3.63, 3.8) is 0 Å². The van der Waals surface area contributed by atoms with Crippen LogP contribution in [0.1, 0.15) is 50.5 Å². The molecule has 1 unspecified atom stereocenters. The second-order valence-corrected chi connectivity index (χ2v) is 5.10. The molecule has 0 saturated carbocycles. The fourth-order valence-corrected chi connectivity index (χ4v) is 1.81. The van der Waals surface area contributed by atoms with Crippen molar-refractivity contribution in [2.75, 3.05) is 0 Å². The highest BCUT2D eigenvalue weighted by molar-refractivity contribution is 5.30. The lowest BCUT2D eigenvalue weighted by Crippen LogP contribution is -2.21. The largest absolute Gasteiger partial charge is 0.338 e. The highest BCUT2D eigenvalue weighted by Gasteiger charge is 2.29. The molecule has 1 atom stereocenters. The zero-order valence-electron chi connectivity index (χ0n) is 11.4. The minimum atomic E-state index is -0.455. The minimum absolute atomic E-state index is 0.245. The molecule has 0 radical (unpaired) electrons. The molecule has 0 saturated heterocycles. The van der Waals surface area contributed by atoms with Crippen molar-refractivity contribution in [1.29, 1.82) is 0 Å². The number of halogens is 1. The Kier molecular flexibility index (Phi) is 3.66.